The summed E-state index contributed by atoms with van der Waals surface area (Å²) in [7, 11) is 0. The summed E-state index contributed by atoms with van der Waals surface area (Å²) in [6.07, 6.45) is 8.53. The molecule has 0 unspecified atom stereocenters. The van der Waals surface area contributed by atoms with E-state index in [1.807, 2.05) is 13.8 Å². The summed E-state index contributed by atoms with van der Waals surface area (Å²) >= 11 is 0. The molecule has 12 nitrogen and oxygen atoms in total. The quantitative estimate of drug-likeness (QED) is 0.179. The van der Waals surface area contributed by atoms with Crippen molar-refractivity contribution in [2.24, 2.45) is 0 Å². The molecule has 0 bridgehead atoms. The van der Waals surface area contributed by atoms with Gasteiger partial charge in [0.1, 0.15) is 24.7 Å². The number of nitrogens with zero attached hydrogens (tertiary/aromatic N) is 4. The fraction of sp³-hybridized carbons (Fsp3) is 0.400. The minimum absolute atomic E-state index is 0.132. The number of aryl methyl sites for hydroxylation is 4. The largest absolute Gasteiger partial charge is 0.478 e. The van der Waals surface area contributed by atoms with Gasteiger partial charge in [0.25, 0.3) is 0 Å². The Kier molecular flexibility index (Phi) is 12.0. The van der Waals surface area contributed by atoms with Crippen molar-refractivity contribution in [3.63, 3.8) is 0 Å². The molecule has 0 amide bonds. The second kappa shape index (κ2) is 15.9. The molecule has 0 aliphatic heterocycles. The zero-order valence-electron chi connectivity index (χ0n) is 24.3. The van der Waals surface area contributed by atoms with Crippen molar-refractivity contribution in [3.05, 3.63) is 81.8 Å². The van der Waals surface area contributed by atoms with Gasteiger partial charge in [-0.25, -0.2) is 19.6 Å². The molecule has 0 saturated heterocycles. The average molecular weight is 581 g/mol. The van der Waals surface area contributed by atoms with Gasteiger partial charge < -0.3 is 28.7 Å². The molecule has 4 heterocycles. The Labute approximate surface area is 243 Å². The maximum absolute atomic E-state index is 10.7. The van der Waals surface area contributed by atoms with E-state index < -0.39 is 11.9 Å². The predicted molar refractivity (Wildman–Crippen MR) is 151 cm³/mol. The summed E-state index contributed by atoms with van der Waals surface area (Å²) in [6.45, 7) is 8.57. The molecule has 2 N–H and O–H groups in total. The number of rotatable bonds is 14. The van der Waals surface area contributed by atoms with Gasteiger partial charge in [0.05, 0.1) is 33.6 Å². The molecule has 4 aromatic heterocycles. The first-order chi connectivity index (χ1) is 20.2. The molecule has 0 aliphatic rings. The molecule has 4 aromatic rings. The number of carboxylic acids is 2. The molecule has 4 rings (SSSR count). The Hall–Kier alpha value is -4.74. The molecule has 0 saturated carbocycles. The Morgan fingerprint density at radius 3 is 1.43 bits per heavy atom. The van der Waals surface area contributed by atoms with Crippen LogP contribution in [0.3, 0.4) is 0 Å². The lowest BCUT2D eigenvalue weighted by atomic mass is 10.1. The number of carboxylic acid groups (broad SMARTS) is 2. The number of pyridine rings is 2. The fourth-order valence-electron chi connectivity index (χ4n) is 3.80. The van der Waals surface area contributed by atoms with Crippen molar-refractivity contribution < 1.29 is 38.3 Å². The SMILES string of the molecule is CCCCc1noc(C)c1COc1ccc(C(=O)O)cn1.CCCCc1noc(C)c1COc1ccc(C(=O)O)cn1. The van der Waals surface area contributed by atoms with Crippen molar-refractivity contribution in [2.75, 3.05) is 0 Å². The Morgan fingerprint density at radius 1 is 0.714 bits per heavy atom. The smallest absolute Gasteiger partial charge is 0.337 e. The second-order valence-electron chi connectivity index (χ2n) is 9.49. The van der Waals surface area contributed by atoms with E-state index in [9.17, 15) is 9.59 Å². The monoisotopic (exact) mass is 580 g/mol. The van der Waals surface area contributed by atoms with E-state index in [0.717, 1.165) is 72.6 Å². The van der Waals surface area contributed by atoms with Crippen LogP contribution in [0.2, 0.25) is 0 Å². The van der Waals surface area contributed by atoms with E-state index in [1.54, 1.807) is 0 Å². The van der Waals surface area contributed by atoms with Crippen LogP contribution in [0.4, 0.5) is 0 Å². The minimum Gasteiger partial charge on any atom is -0.478 e. The van der Waals surface area contributed by atoms with Crippen molar-refractivity contribution in [2.45, 2.75) is 79.4 Å². The van der Waals surface area contributed by atoms with Crippen LogP contribution in [0, 0.1) is 13.8 Å². The summed E-state index contributed by atoms with van der Waals surface area (Å²) in [6, 6.07) is 6.00. The maximum atomic E-state index is 10.7. The van der Waals surface area contributed by atoms with E-state index in [-0.39, 0.29) is 11.1 Å². The van der Waals surface area contributed by atoms with E-state index in [0.29, 0.717) is 25.0 Å². The van der Waals surface area contributed by atoms with Crippen LogP contribution in [-0.4, -0.2) is 42.4 Å². The molecule has 0 aliphatic carbocycles. The summed E-state index contributed by atoms with van der Waals surface area (Å²) < 4.78 is 21.6. The van der Waals surface area contributed by atoms with Crippen LogP contribution in [-0.2, 0) is 26.1 Å². The zero-order valence-corrected chi connectivity index (χ0v) is 24.3. The molecule has 0 fully saturated rings. The van der Waals surface area contributed by atoms with Gasteiger partial charge in [0.15, 0.2) is 0 Å². The lowest BCUT2D eigenvalue weighted by Gasteiger charge is -2.06. The van der Waals surface area contributed by atoms with Crippen LogP contribution in [0.5, 0.6) is 11.8 Å². The lowest BCUT2D eigenvalue weighted by Crippen LogP contribution is -2.03. The average Bonchev–Trinajstić information content (AvgIpc) is 3.53. The normalized spacial score (nSPS) is 10.6. The highest BCUT2D eigenvalue weighted by molar-refractivity contribution is 5.87. The topological polar surface area (TPSA) is 171 Å². The molecule has 0 radical (unpaired) electrons. The van der Waals surface area contributed by atoms with Crippen molar-refractivity contribution in [3.8, 4) is 11.8 Å². The number of hydrogen-bond acceptors (Lipinski definition) is 10. The molecule has 0 spiro atoms. The number of ether oxygens (including phenoxy) is 2. The van der Waals surface area contributed by atoms with Crippen LogP contribution in [0.25, 0.3) is 0 Å². The number of carbonyl (C=O) groups is 2. The molecule has 12 heteroatoms. The third-order valence-corrected chi connectivity index (χ3v) is 6.36. The first-order valence-electron chi connectivity index (χ1n) is 13.8. The Balaban J connectivity index is 0.000000230. The van der Waals surface area contributed by atoms with Gasteiger partial charge in [0.2, 0.25) is 11.8 Å². The minimum atomic E-state index is -1.01. The Morgan fingerprint density at radius 2 is 1.12 bits per heavy atom. The summed E-state index contributed by atoms with van der Waals surface area (Å²) in [5.41, 5.74) is 3.97. The summed E-state index contributed by atoms with van der Waals surface area (Å²) in [5.74, 6) is 0.215. The molecule has 42 heavy (non-hydrogen) atoms. The second-order valence-corrected chi connectivity index (χ2v) is 9.49. The third-order valence-electron chi connectivity index (χ3n) is 6.36. The van der Waals surface area contributed by atoms with Crippen molar-refractivity contribution in [1.82, 2.24) is 20.3 Å². The van der Waals surface area contributed by atoms with E-state index in [1.165, 1.54) is 36.7 Å². The first kappa shape index (κ1) is 31.8. The van der Waals surface area contributed by atoms with Gasteiger partial charge >= 0.3 is 11.9 Å². The number of aromatic carboxylic acids is 2. The van der Waals surface area contributed by atoms with Crippen molar-refractivity contribution >= 4 is 11.9 Å². The highest BCUT2D eigenvalue weighted by atomic mass is 16.5. The number of aromatic nitrogens is 4. The van der Waals surface area contributed by atoms with Gasteiger partial charge in [-0.15, -0.1) is 0 Å². The standard InChI is InChI=1S/2C15H18N2O4/c2*1-3-4-5-13-12(10(2)21-17-13)9-20-14-7-6-11(8-16-14)15(18)19/h2*6-8H,3-5,9H2,1-2H3,(H,18,19). The molecular weight excluding hydrogens is 544 g/mol. The summed E-state index contributed by atoms with van der Waals surface area (Å²) in [5, 5.41) is 25.7. The van der Waals surface area contributed by atoms with Crippen molar-refractivity contribution in [1.29, 1.82) is 0 Å². The highest BCUT2D eigenvalue weighted by Crippen LogP contribution is 2.20. The van der Waals surface area contributed by atoms with Gasteiger partial charge in [-0.1, -0.05) is 37.0 Å². The number of hydrogen-bond donors (Lipinski definition) is 2. The summed E-state index contributed by atoms with van der Waals surface area (Å²) in [4.78, 5) is 29.4. The van der Waals surface area contributed by atoms with E-state index in [4.69, 9.17) is 28.7 Å². The lowest BCUT2D eigenvalue weighted by molar-refractivity contribution is 0.0685. The number of unbranched alkanes of at least 4 members (excludes halogenated alkanes) is 2. The molecule has 0 aromatic carbocycles. The van der Waals surface area contributed by atoms with E-state index in [2.05, 4.69) is 34.1 Å². The van der Waals surface area contributed by atoms with Crippen LogP contribution in [0.15, 0.2) is 45.7 Å². The maximum Gasteiger partial charge on any atom is 0.337 e. The molecule has 224 valence electrons. The molecule has 0 atom stereocenters. The van der Waals surface area contributed by atoms with Crippen LogP contribution >= 0.6 is 0 Å². The zero-order chi connectivity index (χ0) is 30.5. The van der Waals surface area contributed by atoms with Crippen LogP contribution < -0.4 is 9.47 Å². The Bertz CT molecular complexity index is 1320. The van der Waals surface area contributed by atoms with Gasteiger partial charge in [-0.3, -0.25) is 0 Å². The van der Waals surface area contributed by atoms with Gasteiger partial charge in [0, 0.05) is 24.5 Å². The van der Waals surface area contributed by atoms with Gasteiger partial charge in [-0.05, 0) is 51.7 Å². The predicted octanol–water partition coefficient (Wildman–Crippen LogP) is 6.00. The third kappa shape index (κ3) is 9.15. The van der Waals surface area contributed by atoms with Crippen LogP contribution in [0.1, 0.15) is 94.3 Å². The highest BCUT2D eigenvalue weighted by Gasteiger charge is 2.15. The van der Waals surface area contributed by atoms with Gasteiger partial charge in [-0.2, -0.15) is 0 Å². The van der Waals surface area contributed by atoms with E-state index >= 15 is 0 Å². The molecular formula is C30H36N4O8. The fourth-order valence-corrected chi connectivity index (χ4v) is 3.80. The first-order valence-corrected chi connectivity index (χ1v) is 13.8.